The molecule has 2 unspecified atom stereocenters. The summed E-state index contributed by atoms with van der Waals surface area (Å²) in [5.74, 6) is 0. The summed E-state index contributed by atoms with van der Waals surface area (Å²) in [6, 6.07) is 18.9. The van der Waals surface area contributed by atoms with Crippen LogP contribution in [0.5, 0.6) is 0 Å². The number of anilines is 1. The van der Waals surface area contributed by atoms with Gasteiger partial charge in [-0.05, 0) is 63.0 Å². The van der Waals surface area contributed by atoms with Crippen LogP contribution in [-0.4, -0.2) is 6.04 Å². The van der Waals surface area contributed by atoms with Gasteiger partial charge in [-0.3, -0.25) is 0 Å². The highest BCUT2D eigenvalue weighted by Gasteiger charge is 2.36. The molecule has 0 saturated heterocycles. The molecule has 4 heterocycles. The van der Waals surface area contributed by atoms with Crippen LogP contribution in [0.3, 0.4) is 0 Å². The molecule has 0 fully saturated rings. The Morgan fingerprint density at radius 1 is 1.00 bits per heavy atom. The maximum Gasteiger partial charge on any atom is 0.266 e. The largest absolute Gasteiger partial charge is 0.332 e. The van der Waals surface area contributed by atoms with E-state index in [9.17, 15) is 0 Å². The highest BCUT2D eigenvalue weighted by molar-refractivity contribution is 8.03. The van der Waals surface area contributed by atoms with Gasteiger partial charge in [-0.25, -0.2) is 0 Å². The number of para-hydroxylation sites is 2. The number of fused-ring (bicyclic) bond motifs is 6. The first-order valence-corrected chi connectivity index (χ1v) is 12.3. The summed E-state index contributed by atoms with van der Waals surface area (Å²) >= 11 is 3.93. The van der Waals surface area contributed by atoms with Crippen LogP contribution in [-0.2, 0) is 0 Å². The van der Waals surface area contributed by atoms with Crippen LogP contribution in [0.4, 0.5) is 5.69 Å². The first-order valence-electron chi connectivity index (χ1n) is 10.6. The van der Waals surface area contributed by atoms with E-state index in [0.717, 1.165) is 0 Å². The van der Waals surface area contributed by atoms with Gasteiger partial charge in [0.15, 0.2) is 6.04 Å². The van der Waals surface area contributed by atoms with Crippen LogP contribution >= 0.6 is 23.1 Å². The smallest absolute Gasteiger partial charge is 0.266 e. The Morgan fingerprint density at radius 2 is 1.83 bits per heavy atom. The lowest BCUT2D eigenvalue weighted by atomic mass is 9.95. The SMILES string of the molecule is CC1CCC(C=C2CCC(C)[n+]3c2sc2ccccc23)=C2Sc3ccccc3N21. The predicted molar refractivity (Wildman–Crippen MR) is 124 cm³/mol. The summed E-state index contributed by atoms with van der Waals surface area (Å²) in [4.78, 5) is 3.99. The van der Waals surface area contributed by atoms with E-state index in [0.29, 0.717) is 12.1 Å². The van der Waals surface area contributed by atoms with E-state index in [-0.39, 0.29) is 0 Å². The van der Waals surface area contributed by atoms with Crippen LogP contribution in [0.1, 0.15) is 50.6 Å². The van der Waals surface area contributed by atoms with Crippen LogP contribution in [0.2, 0.25) is 0 Å². The lowest BCUT2D eigenvalue weighted by Gasteiger charge is -2.33. The second-order valence-corrected chi connectivity index (χ2v) is 10.5. The quantitative estimate of drug-likeness (QED) is 0.396. The highest BCUT2D eigenvalue weighted by Crippen LogP contribution is 2.52. The Hall–Kier alpha value is -2.04. The number of allylic oxidation sites excluding steroid dienone is 3. The Bertz CT molecular complexity index is 1190. The van der Waals surface area contributed by atoms with Crippen LogP contribution in [0, 0.1) is 0 Å². The summed E-state index contributed by atoms with van der Waals surface area (Å²) in [7, 11) is 0. The van der Waals surface area contributed by atoms with Crippen molar-refractivity contribution in [3.63, 3.8) is 0 Å². The topological polar surface area (TPSA) is 7.12 Å². The fourth-order valence-electron chi connectivity index (χ4n) is 5.01. The molecule has 2 aromatic carbocycles. The average molecular weight is 418 g/mol. The number of thioether (sulfide) groups is 1. The van der Waals surface area contributed by atoms with Gasteiger partial charge in [0.05, 0.1) is 10.7 Å². The third-order valence-electron chi connectivity index (χ3n) is 6.54. The van der Waals surface area contributed by atoms with Crippen LogP contribution in [0.25, 0.3) is 15.8 Å². The fourth-order valence-corrected chi connectivity index (χ4v) is 7.59. The molecule has 0 radical (unpaired) electrons. The van der Waals surface area contributed by atoms with E-state index in [4.69, 9.17) is 0 Å². The molecule has 4 heteroatoms. The van der Waals surface area contributed by atoms with Crippen molar-refractivity contribution < 1.29 is 4.57 Å². The molecule has 3 aliphatic rings. The molecule has 0 amide bonds. The van der Waals surface area contributed by atoms with Gasteiger partial charge in [0.2, 0.25) is 5.52 Å². The van der Waals surface area contributed by atoms with Crippen molar-refractivity contribution in [2.24, 2.45) is 0 Å². The van der Waals surface area contributed by atoms with Gasteiger partial charge in [-0.15, -0.1) is 0 Å². The van der Waals surface area contributed by atoms with Gasteiger partial charge in [0.1, 0.15) is 4.70 Å². The number of rotatable bonds is 1. The van der Waals surface area contributed by atoms with Crippen molar-refractivity contribution in [1.29, 1.82) is 0 Å². The number of thiazole rings is 1. The molecular weight excluding hydrogens is 392 g/mol. The maximum atomic E-state index is 2.58. The monoisotopic (exact) mass is 417 g/mol. The zero-order chi connectivity index (χ0) is 19.5. The van der Waals surface area contributed by atoms with Crippen molar-refractivity contribution in [2.75, 3.05) is 4.90 Å². The summed E-state index contributed by atoms with van der Waals surface area (Å²) in [6.45, 7) is 4.74. The number of nitrogens with zero attached hydrogens (tertiary/aromatic N) is 2. The molecule has 0 spiro atoms. The predicted octanol–water partition coefficient (Wildman–Crippen LogP) is 6.93. The molecular formula is C25H25N2S2+. The van der Waals surface area contributed by atoms with E-state index in [1.54, 1.807) is 0 Å². The minimum Gasteiger partial charge on any atom is -0.332 e. The van der Waals surface area contributed by atoms with E-state index >= 15 is 0 Å². The van der Waals surface area contributed by atoms with Gasteiger partial charge >= 0.3 is 0 Å². The average Bonchev–Trinajstić information content (AvgIpc) is 3.32. The highest BCUT2D eigenvalue weighted by atomic mass is 32.2. The lowest BCUT2D eigenvalue weighted by molar-refractivity contribution is -0.696. The van der Waals surface area contributed by atoms with E-state index in [1.807, 2.05) is 23.1 Å². The molecule has 2 nitrogen and oxygen atoms in total. The fraction of sp³-hybridized carbons (Fsp3) is 0.320. The van der Waals surface area contributed by atoms with Crippen molar-refractivity contribution in [3.8, 4) is 0 Å². The van der Waals surface area contributed by atoms with Crippen molar-refractivity contribution in [3.05, 3.63) is 70.2 Å². The molecule has 1 aromatic heterocycles. The van der Waals surface area contributed by atoms with Gasteiger partial charge < -0.3 is 4.90 Å². The molecule has 2 atom stereocenters. The zero-order valence-corrected chi connectivity index (χ0v) is 18.5. The Kier molecular flexibility index (Phi) is 4.14. The normalized spacial score (nSPS) is 24.8. The molecule has 29 heavy (non-hydrogen) atoms. The van der Waals surface area contributed by atoms with E-state index in [1.165, 1.54) is 67.7 Å². The standard InChI is InChI=1S/C25H25N2S2/c1-16-11-13-18(24-26(16)20-7-3-5-9-22(20)28-24)15-19-14-12-17(2)27-21-8-4-6-10-23(21)29-25(19)27/h3-10,15-17H,11-14H2,1-2H3/q+1. The van der Waals surface area contributed by atoms with Crippen LogP contribution in [0.15, 0.2) is 70.1 Å². The second-order valence-electron chi connectivity index (χ2n) is 8.46. The minimum absolute atomic E-state index is 0.573. The van der Waals surface area contributed by atoms with Gasteiger partial charge in [-0.1, -0.05) is 47.4 Å². The summed E-state index contributed by atoms with van der Waals surface area (Å²) in [5, 5.41) is 2.92. The first kappa shape index (κ1) is 17.8. The summed E-state index contributed by atoms with van der Waals surface area (Å²) in [5.41, 5.74) is 5.84. The molecule has 146 valence electrons. The summed E-state index contributed by atoms with van der Waals surface area (Å²) in [6.07, 6.45) is 7.34. The number of aromatic nitrogens is 1. The maximum absolute atomic E-state index is 2.58. The first-order chi connectivity index (χ1) is 14.2. The van der Waals surface area contributed by atoms with Crippen LogP contribution < -0.4 is 9.47 Å². The molecule has 0 aliphatic carbocycles. The van der Waals surface area contributed by atoms with Gasteiger partial charge in [0.25, 0.3) is 5.01 Å². The molecule has 6 rings (SSSR count). The Labute approximate surface area is 180 Å². The Balaban J connectivity index is 1.49. The number of hydrogen-bond donors (Lipinski definition) is 0. The van der Waals surface area contributed by atoms with E-state index in [2.05, 4.69) is 77.9 Å². The molecule has 3 aromatic rings. The third-order valence-corrected chi connectivity index (χ3v) is 8.98. The summed E-state index contributed by atoms with van der Waals surface area (Å²) < 4.78 is 3.99. The van der Waals surface area contributed by atoms with E-state index < -0.39 is 0 Å². The lowest BCUT2D eigenvalue weighted by Crippen LogP contribution is -2.42. The second kappa shape index (κ2) is 6.75. The molecule has 3 aliphatic heterocycles. The third kappa shape index (κ3) is 2.72. The Morgan fingerprint density at radius 3 is 2.76 bits per heavy atom. The number of benzene rings is 2. The van der Waals surface area contributed by atoms with Crippen molar-refractivity contribution in [2.45, 2.75) is 56.5 Å². The molecule has 0 bridgehead atoms. The molecule has 0 saturated carbocycles. The molecule has 0 N–H and O–H groups in total. The van der Waals surface area contributed by atoms with Crippen molar-refractivity contribution >= 4 is 44.6 Å². The minimum atomic E-state index is 0.573. The van der Waals surface area contributed by atoms with Crippen molar-refractivity contribution in [1.82, 2.24) is 0 Å². The zero-order valence-electron chi connectivity index (χ0n) is 16.9. The number of hydrogen-bond acceptors (Lipinski definition) is 3. The van der Waals surface area contributed by atoms with Gasteiger partial charge in [0, 0.05) is 29.0 Å². The van der Waals surface area contributed by atoms with Gasteiger partial charge in [-0.2, -0.15) is 4.57 Å².